The van der Waals surface area contributed by atoms with E-state index >= 15 is 0 Å². The number of hydrogen-bond acceptors (Lipinski definition) is 8. The maximum atomic E-state index is 10.2. The number of pyridine rings is 1. The average molecular weight is 418 g/mol. The maximum absolute atomic E-state index is 10.2. The van der Waals surface area contributed by atoms with Gasteiger partial charge in [-0.1, -0.05) is 37.6 Å². The van der Waals surface area contributed by atoms with Crippen molar-refractivity contribution in [3.63, 3.8) is 0 Å². The number of rotatable bonds is 4. The molecule has 3 aromatic heterocycles. The Morgan fingerprint density at radius 1 is 1.28 bits per heavy atom. The summed E-state index contributed by atoms with van der Waals surface area (Å²) < 4.78 is 1.66. The molecule has 3 aromatic rings. The summed E-state index contributed by atoms with van der Waals surface area (Å²) >= 11 is 6.26. The molecule has 154 valence electrons. The van der Waals surface area contributed by atoms with Crippen molar-refractivity contribution in [3.8, 4) is 0 Å². The second-order valence-corrected chi connectivity index (χ2v) is 8.68. The monoisotopic (exact) mass is 417 g/mol. The van der Waals surface area contributed by atoms with E-state index in [1.807, 2.05) is 25.7 Å². The second-order valence-electron chi connectivity index (χ2n) is 8.27. The molecule has 0 aromatic carbocycles. The van der Waals surface area contributed by atoms with Gasteiger partial charge in [0.25, 0.3) is 0 Å². The number of halogens is 1. The van der Waals surface area contributed by atoms with E-state index < -0.39 is 12.1 Å². The normalized spacial score (nSPS) is 20.0. The van der Waals surface area contributed by atoms with Crippen LogP contribution in [-0.2, 0) is 12.0 Å². The van der Waals surface area contributed by atoms with Gasteiger partial charge in [0.05, 0.1) is 36.0 Å². The first kappa shape index (κ1) is 19.9. The van der Waals surface area contributed by atoms with Gasteiger partial charge < -0.3 is 15.1 Å². The molecule has 10 heteroatoms. The van der Waals surface area contributed by atoms with Crippen molar-refractivity contribution >= 4 is 28.6 Å². The topological polar surface area (TPSA) is 113 Å². The molecule has 1 aliphatic rings. The summed E-state index contributed by atoms with van der Waals surface area (Å²) in [5, 5.41) is 29.2. The largest absolute Gasteiger partial charge is 0.394 e. The molecule has 1 fully saturated rings. The number of aliphatic hydroxyl groups is 2. The van der Waals surface area contributed by atoms with Gasteiger partial charge in [0.15, 0.2) is 17.0 Å². The number of aliphatic hydroxyl groups excluding tert-OH is 2. The molecule has 0 unspecified atom stereocenters. The van der Waals surface area contributed by atoms with E-state index in [1.54, 1.807) is 23.0 Å². The minimum Gasteiger partial charge on any atom is -0.394 e. The van der Waals surface area contributed by atoms with Crippen LogP contribution in [0.1, 0.15) is 38.7 Å². The van der Waals surface area contributed by atoms with Crippen LogP contribution >= 0.6 is 11.6 Å². The minimum atomic E-state index is -0.620. The summed E-state index contributed by atoms with van der Waals surface area (Å²) in [5.74, 6) is 1.21. The lowest BCUT2D eigenvalue weighted by Crippen LogP contribution is -2.39. The van der Waals surface area contributed by atoms with Crippen LogP contribution in [0.5, 0.6) is 0 Å². The van der Waals surface area contributed by atoms with Crippen molar-refractivity contribution in [2.45, 2.75) is 51.3 Å². The predicted octanol–water partition coefficient (Wildman–Crippen LogP) is 1.55. The van der Waals surface area contributed by atoms with E-state index in [0.717, 1.165) is 0 Å². The molecule has 9 nitrogen and oxygen atoms in total. The molecule has 0 bridgehead atoms. The smallest absolute Gasteiger partial charge is 0.184 e. The molecule has 0 spiro atoms. The molecule has 0 aliphatic carbocycles. The van der Waals surface area contributed by atoms with Crippen molar-refractivity contribution < 1.29 is 10.2 Å². The lowest BCUT2D eigenvalue weighted by molar-refractivity contribution is 0.128. The molecule has 2 N–H and O–H groups in total. The quantitative estimate of drug-likeness (QED) is 0.657. The van der Waals surface area contributed by atoms with Gasteiger partial charge in [-0.25, -0.2) is 14.6 Å². The van der Waals surface area contributed by atoms with Crippen LogP contribution in [0.3, 0.4) is 0 Å². The van der Waals surface area contributed by atoms with Gasteiger partial charge in [0.1, 0.15) is 5.82 Å². The Morgan fingerprint density at radius 3 is 2.76 bits per heavy atom. The van der Waals surface area contributed by atoms with Gasteiger partial charge in [-0.05, 0) is 18.6 Å². The van der Waals surface area contributed by atoms with Gasteiger partial charge >= 0.3 is 0 Å². The van der Waals surface area contributed by atoms with Crippen molar-refractivity contribution in [2.24, 2.45) is 0 Å². The molecular weight excluding hydrogens is 394 g/mol. The summed E-state index contributed by atoms with van der Waals surface area (Å²) in [6, 6.07) is 3.12. The van der Waals surface area contributed by atoms with Crippen LogP contribution in [0, 0.1) is 0 Å². The van der Waals surface area contributed by atoms with E-state index in [4.69, 9.17) is 21.6 Å². The first-order valence-electron chi connectivity index (χ1n) is 9.56. The molecule has 0 radical (unpaired) electrons. The number of nitrogens with zero attached hydrogens (tertiary/aromatic N) is 7. The highest BCUT2D eigenvalue weighted by molar-refractivity contribution is 6.31. The van der Waals surface area contributed by atoms with Gasteiger partial charge in [-0.2, -0.15) is 0 Å². The lowest BCUT2D eigenvalue weighted by Gasteiger charge is -2.27. The van der Waals surface area contributed by atoms with Gasteiger partial charge in [0.2, 0.25) is 0 Å². The van der Waals surface area contributed by atoms with Crippen LogP contribution in [0.15, 0.2) is 18.3 Å². The molecule has 0 amide bonds. The third-order valence-electron chi connectivity index (χ3n) is 5.12. The van der Waals surface area contributed by atoms with Crippen molar-refractivity contribution in [1.29, 1.82) is 0 Å². The minimum absolute atomic E-state index is 0.171. The Kier molecular flexibility index (Phi) is 5.14. The predicted molar refractivity (Wildman–Crippen MR) is 109 cm³/mol. The van der Waals surface area contributed by atoms with E-state index in [0.29, 0.717) is 53.0 Å². The number of fused-ring (bicyclic) bond motifs is 1. The molecule has 29 heavy (non-hydrogen) atoms. The first-order valence-corrected chi connectivity index (χ1v) is 9.94. The van der Waals surface area contributed by atoms with Crippen LogP contribution in [-0.4, -0.2) is 65.5 Å². The third kappa shape index (κ3) is 3.65. The molecule has 0 saturated carbocycles. The number of anilines is 1. The fraction of sp³-hybridized carbons (Fsp3) is 0.526. The van der Waals surface area contributed by atoms with Gasteiger partial charge in [-0.3, -0.25) is 4.98 Å². The third-order valence-corrected chi connectivity index (χ3v) is 5.46. The Hall–Kier alpha value is -2.36. The van der Waals surface area contributed by atoms with Crippen molar-refractivity contribution in [1.82, 2.24) is 29.9 Å². The summed E-state index contributed by atoms with van der Waals surface area (Å²) in [6.45, 7) is 6.82. The summed E-state index contributed by atoms with van der Waals surface area (Å²) in [4.78, 5) is 15.7. The van der Waals surface area contributed by atoms with Crippen LogP contribution in [0.25, 0.3) is 11.2 Å². The maximum Gasteiger partial charge on any atom is 0.184 e. The van der Waals surface area contributed by atoms with Crippen molar-refractivity contribution in [3.05, 3.63) is 34.9 Å². The molecule has 1 saturated heterocycles. The fourth-order valence-electron chi connectivity index (χ4n) is 3.48. The second kappa shape index (κ2) is 7.47. The molecule has 4 heterocycles. The highest BCUT2D eigenvalue weighted by Gasteiger charge is 2.36. The zero-order chi connectivity index (χ0) is 20.8. The zero-order valence-corrected chi connectivity index (χ0v) is 17.4. The highest BCUT2D eigenvalue weighted by atomic mass is 35.5. The van der Waals surface area contributed by atoms with E-state index in [1.165, 1.54) is 0 Å². The Bertz CT molecular complexity index is 1030. The highest BCUT2D eigenvalue weighted by Crippen LogP contribution is 2.32. The van der Waals surface area contributed by atoms with E-state index in [2.05, 4.69) is 15.3 Å². The Labute approximate surface area is 173 Å². The van der Waals surface area contributed by atoms with Crippen LogP contribution < -0.4 is 4.90 Å². The SMILES string of the molecule is CC(C)(C)c1nc(N2CC[C@H](O)[C@@H]2CO)c2nnn(Cc3ncccc3Cl)c2n1. The van der Waals surface area contributed by atoms with Crippen molar-refractivity contribution in [2.75, 3.05) is 18.1 Å². The fourth-order valence-corrected chi connectivity index (χ4v) is 3.66. The Morgan fingerprint density at radius 2 is 2.07 bits per heavy atom. The van der Waals surface area contributed by atoms with E-state index in [9.17, 15) is 10.2 Å². The number of aromatic nitrogens is 6. The zero-order valence-electron chi connectivity index (χ0n) is 16.6. The summed E-state index contributed by atoms with van der Waals surface area (Å²) in [6.07, 6.45) is 1.61. The summed E-state index contributed by atoms with van der Waals surface area (Å²) in [5.41, 5.74) is 1.45. The molecular formula is C19H24ClN7O2. The van der Waals surface area contributed by atoms with E-state index in [-0.39, 0.29) is 12.0 Å². The van der Waals surface area contributed by atoms with Gasteiger partial charge in [0, 0.05) is 18.2 Å². The van der Waals surface area contributed by atoms with Crippen LogP contribution in [0.2, 0.25) is 5.02 Å². The first-order chi connectivity index (χ1) is 13.8. The average Bonchev–Trinajstić information content (AvgIpc) is 3.25. The lowest BCUT2D eigenvalue weighted by atomic mass is 9.95. The molecule has 4 rings (SSSR count). The Balaban J connectivity index is 1.86. The summed E-state index contributed by atoms with van der Waals surface area (Å²) in [7, 11) is 0. The molecule has 1 aliphatic heterocycles. The standard InChI is InChI=1S/C19H24ClN7O2/c1-19(2,3)18-22-16(26-8-6-14(29)13(26)10-28)15-17(23-18)27(25-24-15)9-12-11(20)5-4-7-21-12/h4-5,7,13-14,28-29H,6,8-10H2,1-3H3/t13-,14-/m0/s1. The van der Waals surface area contributed by atoms with Gasteiger partial charge in [-0.15, -0.1) is 5.10 Å². The number of hydrogen-bond donors (Lipinski definition) is 2. The molecule has 2 atom stereocenters. The van der Waals surface area contributed by atoms with Crippen LogP contribution in [0.4, 0.5) is 5.82 Å².